The summed E-state index contributed by atoms with van der Waals surface area (Å²) in [5.41, 5.74) is 0.644. The van der Waals surface area contributed by atoms with Crippen LogP contribution in [0, 0.1) is 12.7 Å². The highest BCUT2D eigenvalue weighted by molar-refractivity contribution is 5.89. The van der Waals surface area contributed by atoms with E-state index in [1.807, 2.05) is 0 Å². The molecule has 1 heterocycles. The lowest BCUT2D eigenvalue weighted by atomic mass is 10.3. The Labute approximate surface area is 109 Å². The van der Waals surface area contributed by atoms with E-state index in [4.69, 9.17) is 4.52 Å². The van der Waals surface area contributed by atoms with E-state index in [2.05, 4.69) is 15.8 Å². The van der Waals surface area contributed by atoms with Crippen molar-refractivity contribution in [2.24, 2.45) is 0 Å². The summed E-state index contributed by atoms with van der Waals surface area (Å²) in [4.78, 5) is 11.6. The van der Waals surface area contributed by atoms with Crippen molar-refractivity contribution in [1.29, 1.82) is 0 Å². The standard InChI is InChI=1S/C13H14FN3O2/c1-9-7-12(17-19-9)16-13(18)5-6-15-11-4-2-3-10(14)8-11/h2-4,7-8,15H,5-6H2,1H3,(H,16,17,18). The first-order chi connectivity index (χ1) is 9.13. The van der Waals surface area contributed by atoms with Gasteiger partial charge in [0.15, 0.2) is 5.82 Å². The molecule has 0 bridgehead atoms. The minimum atomic E-state index is -0.312. The zero-order chi connectivity index (χ0) is 13.7. The van der Waals surface area contributed by atoms with E-state index in [-0.39, 0.29) is 18.1 Å². The van der Waals surface area contributed by atoms with Crippen LogP contribution in [0.2, 0.25) is 0 Å². The lowest BCUT2D eigenvalue weighted by Gasteiger charge is -2.05. The summed E-state index contributed by atoms with van der Waals surface area (Å²) in [6.07, 6.45) is 0.252. The second-order valence-electron chi connectivity index (χ2n) is 4.06. The van der Waals surface area contributed by atoms with Crippen LogP contribution in [-0.4, -0.2) is 17.6 Å². The number of hydrogen-bond acceptors (Lipinski definition) is 4. The summed E-state index contributed by atoms with van der Waals surface area (Å²) in [6, 6.07) is 7.72. The molecule has 6 heteroatoms. The molecule has 0 saturated carbocycles. The topological polar surface area (TPSA) is 67.2 Å². The van der Waals surface area contributed by atoms with Gasteiger partial charge in [-0.2, -0.15) is 0 Å². The maximum Gasteiger partial charge on any atom is 0.227 e. The highest BCUT2D eigenvalue weighted by atomic mass is 19.1. The van der Waals surface area contributed by atoms with Crippen molar-refractivity contribution in [2.45, 2.75) is 13.3 Å². The van der Waals surface area contributed by atoms with E-state index in [9.17, 15) is 9.18 Å². The van der Waals surface area contributed by atoms with Crippen LogP contribution < -0.4 is 10.6 Å². The molecule has 1 aromatic carbocycles. The second kappa shape index (κ2) is 5.99. The Hall–Kier alpha value is -2.37. The number of benzene rings is 1. The van der Waals surface area contributed by atoms with Crippen LogP contribution >= 0.6 is 0 Å². The number of nitrogens with one attached hydrogen (secondary N) is 2. The molecular formula is C13H14FN3O2. The Kier molecular flexibility index (Phi) is 4.12. The van der Waals surface area contributed by atoms with Gasteiger partial charge in [-0.05, 0) is 25.1 Å². The first-order valence-corrected chi connectivity index (χ1v) is 5.86. The number of anilines is 2. The van der Waals surface area contributed by atoms with Gasteiger partial charge in [-0.1, -0.05) is 11.2 Å². The SMILES string of the molecule is Cc1cc(NC(=O)CCNc2cccc(F)c2)no1. The zero-order valence-corrected chi connectivity index (χ0v) is 10.4. The summed E-state index contributed by atoms with van der Waals surface area (Å²) in [6.45, 7) is 2.15. The fourth-order valence-electron chi connectivity index (χ4n) is 1.55. The Morgan fingerprint density at radius 2 is 2.26 bits per heavy atom. The molecule has 0 spiro atoms. The van der Waals surface area contributed by atoms with E-state index in [1.54, 1.807) is 25.1 Å². The predicted octanol–water partition coefficient (Wildman–Crippen LogP) is 2.56. The average molecular weight is 263 g/mol. The monoisotopic (exact) mass is 263 g/mol. The van der Waals surface area contributed by atoms with E-state index in [1.165, 1.54) is 12.1 Å². The first kappa shape index (κ1) is 13.1. The average Bonchev–Trinajstić information content (AvgIpc) is 2.75. The lowest BCUT2D eigenvalue weighted by Crippen LogP contribution is -2.16. The summed E-state index contributed by atoms with van der Waals surface area (Å²) in [5, 5.41) is 9.22. The van der Waals surface area contributed by atoms with Gasteiger partial charge in [-0.15, -0.1) is 0 Å². The van der Waals surface area contributed by atoms with E-state index in [0.717, 1.165) is 0 Å². The van der Waals surface area contributed by atoms with Crippen molar-refractivity contribution < 1.29 is 13.7 Å². The molecule has 0 unspecified atom stereocenters. The third-order valence-electron chi connectivity index (χ3n) is 2.40. The molecule has 0 atom stereocenters. The van der Waals surface area contributed by atoms with Crippen molar-refractivity contribution in [3.63, 3.8) is 0 Å². The van der Waals surface area contributed by atoms with E-state index in [0.29, 0.717) is 23.8 Å². The highest BCUT2D eigenvalue weighted by Gasteiger charge is 2.05. The fraction of sp³-hybridized carbons (Fsp3) is 0.231. The lowest BCUT2D eigenvalue weighted by molar-refractivity contribution is -0.116. The molecule has 19 heavy (non-hydrogen) atoms. The number of rotatable bonds is 5. The predicted molar refractivity (Wildman–Crippen MR) is 69.4 cm³/mol. The molecule has 2 rings (SSSR count). The number of amides is 1. The smallest absolute Gasteiger partial charge is 0.227 e. The number of carbonyl (C=O) groups excluding carboxylic acids is 1. The van der Waals surface area contributed by atoms with Gasteiger partial charge in [0, 0.05) is 24.7 Å². The summed E-state index contributed by atoms with van der Waals surface area (Å²) >= 11 is 0. The molecule has 0 aliphatic carbocycles. The number of nitrogens with zero attached hydrogens (tertiary/aromatic N) is 1. The minimum absolute atomic E-state index is 0.183. The third kappa shape index (κ3) is 4.09. The van der Waals surface area contributed by atoms with Crippen LogP contribution in [0.5, 0.6) is 0 Å². The summed E-state index contributed by atoms with van der Waals surface area (Å²) in [5.74, 6) is 0.533. The molecule has 2 aromatic rings. The molecule has 1 aromatic heterocycles. The van der Waals surface area contributed by atoms with E-state index < -0.39 is 0 Å². The first-order valence-electron chi connectivity index (χ1n) is 5.86. The maximum atomic E-state index is 12.9. The molecule has 0 fully saturated rings. The number of aryl methyl sites for hydroxylation is 1. The van der Waals surface area contributed by atoms with Crippen molar-refractivity contribution in [3.8, 4) is 0 Å². The van der Waals surface area contributed by atoms with Gasteiger partial charge in [-0.25, -0.2) is 4.39 Å². The van der Waals surface area contributed by atoms with Crippen molar-refractivity contribution in [3.05, 3.63) is 41.9 Å². The quantitative estimate of drug-likeness (QED) is 0.870. The van der Waals surface area contributed by atoms with Crippen LogP contribution in [0.3, 0.4) is 0 Å². The van der Waals surface area contributed by atoms with Crippen LogP contribution in [0.4, 0.5) is 15.9 Å². The maximum absolute atomic E-state index is 12.9. The molecule has 0 radical (unpaired) electrons. The molecule has 0 aliphatic rings. The second-order valence-corrected chi connectivity index (χ2v) is 4.06. The molecule has 100 valence electrons. The van der Waals surface area contributed by atoms with Crippen LogP contribution in [0.15, 0.2) is 34.9 Å². The van der Waals surface area contributed by atoms with Gasteiger partial charge in [0.2, 0.25) is 5.91 Å². The van der Waals surface area contributed by atoms with Gasteiger partial charge < -0.3 is 15.2 Å². The van der Waals surface area contributed by atoms with Gasteiger partial charge >= 0.3 is 0 Å². The van der Waals surface area contributed by atoms with Crippen molar-refractivity contribution in [2.75, 3.05) is 17.2 Å². The van der Waals surface area contributed by atoms with Crippen LogP contribution in [-0.2, 0) is 4.79 Å². The Morgan fingerprint density at radius 3 is 2.95 bits per heavy atom. The Bertz CT molecular complexity index is 569. The van der Waals surface area contributed by atoms with Gasteiger partial charge in [-0.3, -0.25) is 4.79 Å². The summed E-state index contributed by atoms with van der Waals surface area (Å²) < 4.78 is 17.7. The Balaban J connectivity index is 1.75. The largest absolute Gasteiger partial charge is 0.384 e. The van der Waals surface area contributed by atoms with Crippen LogP contribution in [0.25, 0.3) is 0 Å². The van der Waals surface area contributed by atoms with Gasteiger partial charge in [0.25, 0.3) is 0 Å². The highest BCUT2D eigenvalue weighted by Crippen LogP contribution is 2.10. The molecular weight excluding hydrogens is 249 g/mol. The summed E-state index contributed by atoms with van der Waals surface area (Å²) in [7, 11) is 0. The fourth-order valence-corrected chi connectivity index (χ4v) is 1.55. The van der Waals surface area contributed by atoms with Crippen LogP contribution in [0.1, 0.15) is 12.2 Å². The number of hydrogen-bond donors (Lipinski definition) is 2. The minimum Gasteiger partial charge on any atom is -0.384 e. The molecule has 5 nitrogen and oxygen atoms in total. The number of halogens is 1. The molecule has 2 N–H and O–H groups in total. The van der Waals surface area contributed by atoms with Gasteiger partial charge in [0.05, 0.1) is 0 Å². The third-order valence-corrected chi connectivity index (χ3v) is 2.40. The molecule has 0 saturated heterocycles. The zero-order valence-electron chi connectivity index (χ0n) is 10.4. The van der Waals surface area contributed by atoms with Crippen molar-refractivity contribution >= 4 is 17.4 Å². The number of carbonyl (C=O) groups is 1. The van der Waals surface area contributed by atoms with Crippen molar-refractivity contribution in [1.82, 2.24) is 5.16 Å². The normalized spacial score (nSPS) is 10.2. The Morgan fingerprint density at radius 1 is 1.42 bits per heavy atom. The van der Waals surface area contributed by atoms with Gasteiger partial charge in [0.1, 0.15) is 11.6 Å². The molecule has 0 aliphatic heterocycles. The molecule has 1 amide bonds. The number of aromatic nitrogens is 1. The van der Waals surface area contributed by atoms with E-state index >= 15 is 0 Å².